The van der Waals surface area contributed by atoms with Crippen LogP contribution in [0.15, 0.2) is 30.3 Å². The molecule has 3 fully saturated rings. The molecule has 3 aliphatic rings. The third kappa shape index (κ3) is 4.21. The zero-order valence-electron chi connectivity index (χ0n) is 18.7. The third-order valence-corrected chi connectivity index (χ3v) is 6.82. The maximum atomic E-state index is 13.4. The van der Waals surface area contributed by atoms with Gasteiger partial charge in [-0.1, -0.05) is 18.2 Å². The fourth-order valence-corrected chi connectivity index (χ4v) is 4.88. The normalized spacial score (nSPS) is 23.4. The second-order valence-electron chi connectivity index (χ2n) is 9.16. The smallest absolute Gasteiger partial charge is 0.325 e. The van der Waals surface area contributed by atoms with Gasteiger partial charge < -0.3 is 15.1 Å². The molecule has 172 valence electrons. The fraction of sp³-hybridized carbons (Fsp3) is 0.565. The van der Waals surface area contributed by atoms with E-state index in [9.17, 15) is 19.2 Å². The van der Waals surface area contributed by atoms with Gasteiger partial charge in [-0.3, -0.25) is 24.2 Å². The van der Waals surface area contributed by atoms with Gasteiger partial charge in [0.05, 0.1) is 12.6 Å². The Labute approximate surface area is 188 Å². The molecule has 32 heavy (non-hydrogen) atoms. The monoisotopic (exact) mass is 441 g/mol. The summed E-state index contributed by atoms with van der Waals surface area (Å²) >= 11 is 0. The number of likely N-dealkylation sites (tertiary alicyclic amines) is 2. The van der Waals surface area contributed by atoms with Crippen molar-refractivity contribution in [1.29, 1.82) is 0 Å². The molecule has 1 atom stereocenters. The minimum Gasteiger partial charge on any atom is -0.348 e. The molecule has 0 bridgehead atoms. The van der Waals surface area contributed by atoms with Crippen LogP contribution in [-0.2, 0) is 9.59 Å². The Hall–Kier alpha value is -2.94. The predicted molar refractivity (Wildman–Crippen MR) is 118 cm³/mol. The highest BCUT2D eigenvalue weighted by Crippen LogP contribution is 2.32. The van der Waals surface area contributed by atoms with Crippen molar-refractivity contribution in [2.75, 3.05) is 46.8 Å². The molecule has 1 N–H and O–H groups in total. The van der Waals surface area contributed by atoms with Gasteiger partial charge in [0, 0.05) is 39.3 Å². The number of rotatable bonds is 4. The van der Waals surface area contributed by atoms with E-state index in [0.29, 0.717) is 38.0 Å². The van der Waals surface area contributed by atoms with Gasteiger partial charge in [-0.15, -0.1) is 0 Å². The van der Waals surface area contributed by atoms with Crippen LogP contribution in [0.1, 0.15) is 36.0 Å². The summed E-state index contributed by atoms with van der Waals surface area (Å²) < 4.78 is 0. The summed E-state index contributed by atoms with van der Waals surface area (Å²) in [7, 11) is 3.44. The molecule has 0 aliphatic carbocycles. The molecule has 1 aromatic carbocycles. The van der Waals surface area contributed by atoms with Crippen molar-refractivity contribution < 1.29 is 19.2 Å². The van der Waals surface area contributed by atoms with Crippen molar-refractivity contribution in [3.05, 3.63) is 35.9 Å². The summed E-state index contributed by atoms with van der Waals surface area (Å²) in [6.45, 7) is 2.41. The van der Waals surface area contributed by atoms with Crippen LogP contribution in [0.4, 0.5) is 4.79 Å². The van der Waals surface area contributed by atoms with Gasteiger partial charge in [0.1, 0.15) is 5.54 Å². The molecule has 0 aromatic heterocycles. The topological polar surface area (TPSA) is 93.3 Å². The van der Waals surface area contributed by atoms with Crippen LogP contribution in [-0.4, -0.2) is 102 Å². The van der Waals surface area contributed by atoms with Gasteiger partial charge >= 0.3 is 6.03 Å². The molecule has 3 aliphatic heterocycles. The number of urea groups is 1. The maximum absolute atomic E-state index is 13.4. The average molecular weight is 442 g/mol. The molecule has 3 heterocycles. The van der Waals surface area contributed by atoms with Gasteiger partial charge in [-0.2, -0.15) is 0 Å². The van der Waals surface area contributed by atoms with Crippen LogP contribution < -0.4 is 5.32 Å². The molecule has 0 unspecified atom stereocenters. The fourth-order valence-electron chi connectivity index (χ4n) is 4.88. The lowest BCUT2D eigenvalue weighted by molar-refractivity contribution is -0.135. The lowest BCUT2D eigenvalue weighted by Crippen LogP contribution is -2.57. The Morgan fingerprint density at radius 1 is 1.09 bits per heavy atom. The summed E-state index contributed by atoms with van der Waals surface area (Å²) in [5.41, 5.74) is -0.312. The van der Waals surface area contributed by atoms with E-state index >= 15 is 0 Å². The van der Waals surface area contributed by atoms with Crippen LogP contribution in [0, 0.1) is 0 Å². The van der Waals surface area contributed by atoms with E-state index in [1.165, 1.54) is 4.90 Å². The van der Waals surface area contributed by atoms with Gasteiger partial charge in [0.15, 0.2) is 0 Å². The van der Waals surface area contributed by atoms with Crippen LogP contribution in [0.5, 0.6) is 0 Å². The molecule has 0 saturated carbocycles. The van der Waals surface area contributed by atoms with Crippen molar-refractivity contribution in [2.24, 2.45) is 0 Å². The lowest BCUT2D eigenvalue weighted by atomic mass is 9.86. The van der Waals surface area contributed by atoms with E-state index in [4.69, 9.17) is 0 Å². The molecule has 4 rings (SSSR count). The Morgan fingerprint density at radius 2 is 1.78 bits per heavy atom. The van der Waals surface area contributed by atoms with E-state index in [0.717, 1.165) is 19.4 Å². The summed E-state index contributed by atoms with van der Waals surface area (Å²) in [6, 6.07) is 8.50. The SMILES string of the molecule is CN(C)C(=O)CN1CCC[C@H](N2C(=O)NC3(CCN(C(=O)c4ccccc4)CC3)C2=O)C1. The Morgan fingerprint density at radius 3 is 2.44 bits per heavy atom. The number of benzene rings is 1. The number of hydrogen-bond acceptors (Lipinski definition) is 5. The van der Waals surface area contributed by atoms with Gasteiger partial charge in [0.25, 0.3) is 11.8 Å². The highest BCUT2D eigenvalue weighted by Gasteiger charge is 2.54. The first kappa shape index (κ1) is 22.3. The first-order valence-corrected chi connectivity index (χ1v) is 11.2. The number of likely N-dealkylation sites (N-methyl/N-ethyl adjacent to an activating group) is 1. The molecule has 1 spiro atoms. The Balaban J connectivity index is 1.40. The molecule has 1 aromatic rings. The molecule has 0 radical (unpaired) electrons. The average Bonchev–Trinajstić information content (AvgIpc) is 3.03. The second-order valence-corrected chi connectivity index (χ2v) is 9.16. The van der Waals surface area contributed by atoms with E-state index in [1.54, 1.807) is 36.0 Å². The molecule has 9 heteroatoms. The Kier molecular flexibility index (Phi) is 6.19. The first-order valence-electron chi connectivity index (χ1n) is 11.2. The molecular formula is C23H31N5O4. The number of piperidine rings is 2. The number of carbonyl (C=O) groups excluding carboxylic acids is 4. The molecule has 3 saturated heterocycles. The van der Waals surface area contributed by atoms with E-state index in [-0.39, 0.29) is 36.3 Å². The molecule has 5 amide bonds. The summed E-state index contributed by atoms with van der Waals surface area (Å²) in [6.07, 6.45) is 2.37. The third-order valence-electron chi connectivity index (χ3n) is 6.82. The number of hydrogen-bond donors (Lipinski definition) is 1. The van der Waals surface area contributed by atoms with Crippen molar-refractivity contribution >= 4 is 23.8 Å². The number of imide groups is 1. The number of nitrogens with one attached hydrogen (secondary N) is 1. The minimum absolute atomic E-state index is 0.00905. The maximum Gasteiger partial charge on any atom is 0.325 e. The summed E-state index contributed by atoms with van der Waals surface area (Å²) in [5.74, 6) is -0.238. The van der Waals surface area contributed by atoms with Crippen LogP contribution in [0.25, 0.3) is 0 Å². The highest BCUT2D eigenvalue weighted by atomic mass is 16.2. The standard InChI is InChI=1S/C23H31N5O4/c1-25(2)19(29)16-26-12-6-9-18(15-26)28-21(31)23(24-22(28)32)10-13-27(14-11-23)20(30)17-7-4-3-5-8-17/h3-5,7-8,18H,6,9-16H2,1-2H3,(H,24,32)/t18-/m0/s1. The van der Waals surface area contributed by atoms with Crippen molar-refractivity contribution in [3.8, 4) is 0 Å². The second kappa shape index (κ2) is 8.90. The summed E-state index contributed by atoms with van der Waals surface area (Å²) in [5, 5.41) is 2.95. The lowest BCUT2D eigenvalue weighted by Gasteiger charge is -2.39. The number of nitrogens with zero attached hydrogens (tertiary/aromatic N) is 4. The number of amides is 5. The molecular weight excluding hydrogens is 410 g/mol. The van der Waals surface area contributed by atoms with Crippen molar-refractivity contribution in [1.82, 2.24) is 24.9 Å². The van der Waals surface area contributed by atoms with Gasteiger partial charge in [0.2, 0.25) is 5.91 Å². The number of carbonyl (C=O) groups is 4. The zero-order valence-corrected chi connectivity index (χ0v) is 18.7. The van der Waals surface area contributed by atoms with Crippen LogP contribution in [0.2, 0.25) is 0 Å². The molecule has 9 nitrogen and oxygen atoms in total. The van der Waals surface area contributed by atoms with Crippen LogP contribution >= 0.6 is 0 Å². The van der Waals surface area contributed by atoms with Gasteiger partial charge in [-0.05, 0) is 44.4 Å². The Bertz CT molecular complexity index is 895. The largest absolute Gasteiger partial charge is 0.348 e. The van der Waals surface area contributed by atoms with E-state index in [2.05, 4.69) is 5.32 Å². The van der Waals surface area contributed by atoms with E-state index in [1.807, 2.05) is 23.1 Å². The van der Waals surface area contributed by atoms with Crippen LogP contribution in [0.3, 0.4) is 0 Å². The van der Waals surface area contributed by atoms with Gasteiger partial charge in [-0.25, -0.2) is 4.79 Å². The zero-order chi connectivity index (χ0) is 22.9. The van der Waals surface area contributed by atoms with Crippen molar-refractivity contribution in [2.45, 2.75) is 37.3 Å². The first-order chi connectivity index (χ1) is 15.3. The van der Waals surface area contributed by atoms with Crippen molar-refractivity contribution in [3.63, 3.8) is 0 Å². The quantitative estimate of drug-likeness (QED) is 0.697. The predicted octanol–water partition coefficient (Wildman–Crippen LogP) is 0.766. The van der Waals surface area contributed by atoms with E-state index < -0.39 is 5.54 Å². The summed E-state index contributed by atoms with van der Waals surface area (Å²) in [4.78, 5) is 57.8. The minimum atomic E-state index is -0.938. The highest BCUT2D eigenvalue weighted by molar-refractivity contribution is 6.07.